The number of hydrogen-bond acceptors (Lipinski definition) is 6. The molecule has 0 aromatic carbocycles. The molecule has 1 aliphatic carbocycles. The zero-order chi connectivity index (χ0) is 21.9. The largest absolute Gasteiger partial charge is 0.511 e. The maximum atomic E-state index is 13.1. The van der Waals surface area contributed by atoms with Crippen molar-refractivity contribution in [3.8, 4) is 0 Å². The number of allylic oxidation sites excluding steroid dienone is 1. The second-order valence-electron chi connectivity index (χ2n) is 7.66. The first-order valence-electron chi connectivity index (χ1n) is 10.1. The Bertz CT molecular complexity index is 987. The minimum Gasteiger partial charge on any atom is -0.511 e. The molecule has 1 unspecified atom stereocenters. The van der Waals surface area contributed by atoms with Crippen molar-refractivity contribution in [2.24, 2.45) is 0 Å². The van der Waals surface area contributed by atoms with Crippen molar-refractivity contribution in [3.63, 3.8) is 0 Å². The molecule has 0 amide bonds. The van der Waals surface area contributed by atoms with Crippen LogP contribution in [0, 0.1) is 0 Å². The topological polar surface area (TPSA) is 114 Å². The van der Waals surface area contributed by atoms with Gasteiger partial charge in [-0.1, -0.05) is 32.6 Å². The van der Waals surface area contributed by atoms with Gasteiger partial charge in [-0.15, -0.1) is 0 Å². The van der Waals surface area contributed by atoms with Gasteiger partial charge in [0.2, 0.25) is 5.78 Å². The molecule has 0 saturated carbocycles. The van der Waals surface area contributed by atoms with Crippen LogP contribution in [-0.2, 0) is 14.3 Å². The number of carbonyl (C=O) groups excluding carboxylic acids is 2. The van der Waals surface area contributed by atoms with E-state index in [1.54, 1.807) is 12.1 Å². The summed E-state index contributed by atoms with van der Waals surface area (Å²) in [6.45, 7) is 3.64. The lowest BCUT2D eigenvalue weighted by Gasteiger charge is -2.27. The Hall–Kier alpha value is -3.22. The van der Waals surface area contributed by atoms with Crippen LogP contribution in [0.1, 0.15) is 74.0 Å². The number of pyridine rings is 1. The highest BCUT2D eigenvalue weighted by Crippen LogP contribution is 2.45. The number of aromatic nitrogens is 1. The number of ketones is 1. The molecule has 2 aliphatic rings. The van der Waals surface area contributed by atoms with Crippen molar-refractivity contribution in [3.05, 3.63) is 52.1 Å². The Morgan fingerprint density at radius 3 is 2.63 bits per heavy atom. The molecular formula is C23H25NO6. The van der Waals surface area contributed by atoms with Gasteiger partial charge in [-0.25, -0.2) is 9.59 Å². The molecule has 158 valence electrons. The Kier molecular flexibility index (Phi) is 6.20. The summed E-state index contributed by atoms with van der Waals surface area (Å²) in [5.74, 6) is -2.31. The predicted octanol–water partition coefficient (Wildman–Crippen LogP) is 4.25. The molecule has 1 aromatic heterocycles. The summed E-state index contributed by atoms with van der Waals surface area (Å²) in [5, 5.41) is 19.4. The number of nitrogens with zero attached hydrogens (tertiary/aromatic N) is 1. The highest BCUT2D eigenvalue weighted by molar-refractivity contribution is 6.17. The number of ether oxygens (including phenoxy) is 1. The number of carboxylic acids is 1. The average molecular weight is 411 g/mol. The van der Waals surface area contributed by atoms with Gasteiger partial charge < -0.3 is 14.9 Å². The predicted molar refractivity (Wildman–Crippen MR) is 111 cm³/mol. The maximum absolute atomic E-state index is 13.1. The molecule has 0 bridgehead atoms. The van der Waals surface area contributed by atoms with Gasteiger partial charge in [0.05, 0.1) is 5.69 Å². The molecule has 7 nitrogen and oxygen atoms in total. The van der Waals surface area contributed by atoms with Gasteiger partial charge in [-0.2, -0.15) is 0 Å². The molecule has 0 spiro atoms. The van der Waals surface area contributed by atoms with Crippen molar-refractivity contribution >= 4 is 29.9 Å². The van der Waals surface area contributed by atoms with Crippen LogP contribution in [0.15, 0.2) is 35.2 Å². The minimum atomic E-state index is -1.50. The van der Waals surface area contributed by atoms with Gasteiger partial charge in [0, 0.05) is 29.8 Å². The molecule has 1 saturated heterocycles. The lowest BCUT2D eigenvalue weighted by Crippen LogP contribution is -2.39. The smallest absolute Gasteiger partial charge is 0.343 e. The highest BCUT2D eigenvalue weighted by Gasteiger charge is 2.54. The van der Waals surface area contributed by atoms with E-state index in [4.69, 9.17) is 9.84 Å². The van der Waals surface area contributed by atoms with Gasteiger partial charge in [0.25, 0.3) is 0 Å². The van der Waals surface area contributed by atoms with Crippen molar-refractivity contribution in [2.75, 3.05) is 0 Å². The van der Waals surface area contributed by atoms with Crippen LogP contribution in [0.3, 0.4) is 0 Å². The first-order chi connectivity index (χ1) is 14.3. The molecule has 7 heteroatoms. The number of rotatable bonds is 8. The third-order valence-corrected chi connectivity index (χ3v) is 5.42. The lowest BCUT2D eigenvalue weighted by atomic mass is 9.78. The summed E-state index contributed by atoms with van der Waals surface area (Å²) >= 11 is 0. The number of aliphatic hydroxyl groups is 1. The molecule has 30 heavy (non-hydrogen) atoms. The van der Waals surface area contributed by atoms with E-state index < -0.39 is 23.3 Å². The molecular weight excluding hydrogens is 386 g/mol. The molecule has 2 heterocycles. The van der Waals surface area contributed by atoms with Crippen LogP contribution >= 0.6 is 0 Å². The number of esters is 1. The van der Waals surface area contributed by atoms with Gasteiger partial charge >= 0.3 is 11.9 Å². The van der Waals surface area contributed by atoms with Crippen LogP contribution in [0.4, 0.5) is 0 Å². The summed E-state index contributed by atoms with van der Waals surface area (Å²) in [6, 6.07) is 1.57. The van der Waals surface area contributed by atoms with Crippen molar-refractivity contribution < 1.29 is 29.3 Å². The van der Waals surface area contributed by atoms with Crippen molar-refractivity contribution in [1.82, 2.24) is 4.98 Å². The standard InChI is InChI=1S/C23H25NO6/c1-3-4-5-6-7-8-18(25)20-17-12-14-11-15(9-10-19(26)27)24-13-16(14)21(28)23(17,2)30-22(20)29/h9-13,25H,3-8H2,1-2H3,(H,26,27). The molecule has 2 N–H and O–H groups in total. The van der Waals surface area contributed by atoms with Crippen molar-refractivity contribution in [1.29, 1.82) is 0 Å². The highest BCUT2D eigenvalue weighted by atomic mass is 16.6. The summed E-state index contributed by atoms with van der Waals surface area (Å²) < 4.78 is 5.42. The molecule has 1 atom stereocenters. The van der Waals surface area contributed by atoms with E-state index >= 15 is 0 Å². The third kappa shape index (κ3) is 4.06. The average Bonchev–Trinajstić information content (AvgIpc) is 2.96. The first-order valence-corrected chi connectivity index (χ1v) is 10.1. The number of hydrogen-bond donors (Lipinski definition) is 2. The van der Waals surface area contributed by atoms with Crippen LogP contribution in [0.25, 0.3) is 12.2 Å². The van der Waals surface area contributed by atoms with Gasteiger partial charge in [-0.3, -0.25) is 9.78 Å². The number of carbonyl (C=O) groups is 3. The van der Waals surface area contributed by atoms with Crippen LogP contribution in [0.2, 0.25) is 0 Å². The Labute approximate surface area is 174 Å². The van der Waals surface area contributed by atoms with E-state index in [-0.39, 0.29) is 16.9 Å². The van der Waals surface area contributed by atoms with Crippen LogP contribution < -0.4 is 0 Å². The van der Waals surface area contributed by atoms with Gasteiger partial charge in [0.15, 0.2) is 5.60 Å². The second-order valence-corrected chi connectivity index (χ2v) is 7.66. The van der Waals surface area contributed by atoms with E-state index in [1.165, 1.54) is 19.2 Å². The maximum Gasteiger partial charge on any atom is 0.343 e. The summed E-state index contributed by atoms with van der Waals surface area (Å²) in [4.78, 5) is 40.4. The first kappa shape index (κ1) is 21.5. The van der Waals surface area contributed by atoms with E-state index in [9.17, 15) is 19.5 Å². The molecule has 1 aromatic rings. The fraction of sp³-hybridized carbons (Fsp3) is 0.391. The molecule has 3 rings (SSSR count). The molecule has 0 radical (unpaired) electrons. The Balaban J connectivity index is 1.96. The van der Waals surface area contributed by atoms with Gasteiger partial charge in [0.1, 0.15) is 11.3 Å². The SMILES string of the molecule is CCCCCCCC(O)=C1C(=O)OC2(C)C(=O)c3cnc(C=CC(=O)O)cc3C=C12. The number of fused-ring (bicyclic) bond motifs is 2. The minimum absolute atomic E-state index is 0.0476. The van der Waals surface area contributed by atoms with Gasteiger partial charge in [-0.05, 0) is 37.1 Å². The third-order valence-electron chi connectivity index (χ3n) is 5.42. The summed E-state index contributed by atoms with van der Waals surface area (Å²) in [7, 11) is 0. The monoisotopic (exact) mass is 411 g/mol. The number of aliphatic hydroxyl groups excluding tert-OH is 1. The zero-order valence-electron chi connectivity index (χ0n) is 17.1. The second kappa shape index (κ2) is 8.65. The number of Topliss-reactive ketones (excluding diaryl/α,β-unsaturated/α-hetero) is 1. The number of carboxylic acid groups (broad SMARTS) is 1. The lowest BCUT2D eigenvalue weighted by molar-refractivity contribution is -0.141. The van der Waals surface area contributed by atoms with Crippen LogP contribution in [0.5, 0.6) is 0 Å². The van der Waals surface area contributed by atoms with Crippen LogP contribution in [-0.4, -0.2) is 38.5 Å². The van der Waals surface area contributed by atoms with E-state index in [0.29, 0.717) is 23.3 Å². The Morgan fingerprint density at radius 2 is 1.93 bits per heavy atom. The van der Waals surface area contributed by atoms with E-state index in [2.05, 4.69) is 11.9 Å². The summed E-state index contributed by atoms with van der Waals surface area (Å²) in [5.41, 5.74) is 0.0125. The molecule has 1 fully saturated rings. The number of unbranched alkanes of at least 4 members (excludes halogenated alkanes) is 4. The number of aliphatic carboxylic acids is 1. The van der Waals surface area contributed by atoms with E-state index in [0.717, 1.165) is 38.2 Å². The van der Waals surface area contributed by atoms with E-state index in [1.807, 2.05) is 0 Å². The molecule has 1 aliphatic heterocycles. The fourth-order valence-electron chi connectivity index (χ4n) is 3.77. The Morgan fingerprint density at radius 1 is 1.20 bits per heavy atom. The fourth-order valence-corrected chi connectivity index (χ4v) is 3.77. The normalized spacial score (nSPS) is 21.9. The summed E-state index contributed by atoms with van der Waals surface area (Å²) in [6.07, 6.45) is 10.6. The quantitative estimate of drug-likeness (QED) is 0.284. The van der Waals surface area contributed by atoms with Crippen molar-refractivity contribution in [2.45, 2.75) is 58.0 Å². The zero-order valence-corrected chi connectivity index (χ0v) is 17.1.